The molecule has 5 nitrogen and oxygen atoms in total. The fourth-order valence-electron chi connectivity index (χ4n) is 2.44. The number of carbonyl (C=O) groups excluding carboxylic acids is 1. The molecule has 0 aromatic heterocycles. The van der Waals surface area contributed by atoms with Crippen LogP contribution < -0.4 is 4.90 Å². The van der Waals surface area contributed by atoms with Gasteiger partial charge >= 0.3 is 5.97 Å². The zero-order chi connectivity index (χ0) is 18.1. The van der Waals surface area contributed by atoms with Crippen LogP contribution in [-0.2, 0) is 4.79 Å². The lowest BCUT2D eigenvalue weighted by Gasteiger charge is -2.15. The number of rotatable bonds is 3. The van der Waals surface area contributed by atoms with Gasteiger partial charge in [0, 0.05) is 6.07 Å². The molecule has 0 saturated carbocycles. The third-order valence-electron chi connectivity index (χ3n) is 3.60. The number of aromatic hydroxyl groups is 1. The Balaban J connectivity index is 1.94. The number of thioether (sulfide) groups is 1. The number of carboxylic acids is 1. The minimum absolute atomic E-state index is 0.232. The van der Waals surface area contributed by atoms with Crippen LogP contribution in [-0.4, -0.2) is 26.4 Å². The van der Waals surface area contributed by atoms with Crippen LogP contribution in [0.15, 0.2) is 47.4 Å². The van der Waals surface area contributed by atoms with Crippen molar-refractivity contribution in [3.63, 3.8) is 0 Å². The molecule has 1 fully saturated rings. The van der Waals surface area contributed by atoms with Gasteiger partial charge in [-0.1, -0.05) is 53.8 Å². The van der Waals surface area contributed by atoms with Gasteiger partial charge in [-0.2, -0.15) is 0 Å². The number of anilines is 1. The summed E-state index contributed by atoms with van der Waals surface area (Å²) in [4.78, 5) is 25.4. The normalized spacial score (nSPS) is 15.9. The van der Waals surface area contributed by atoms with Crippen LogP contribution in [0.1, 0.15) is 21.5 Å². The maximum atomic E-state index is 12.7. The molecule has 0 bridgehead atoms. The summed E-state index contributed by atoms with van der Waals surface area (Å²) in [6.07, 6.45) is 1.76. The molecule has 2 aromatic rings. The summed E-state index contributed by atoms with van der Waals surface area (Å²) in [5.41, 5.74) is 2.07. The van der Waals surface area contributed by atoms with E-state index in [1.807, 2.05) is 31.2 Å². The van der Waals surface area contributed by atoms with E-state index < -0.39 is 11.7 Å². The Hall–Kier alpha value is -2.64. The minimum atomic E-state index is -1.24. The number of aryl methyl sites for hydroxylation is 1. The highest BCUT2D eigenvalue weighted by Gasteiger charge is 2.33. The second-order valence-electron chi connectivity index (χ2n) is 5.44. The minimum Gasteiger partial charge on any atom is -0.507 e. The van der Waals surface area contributed by atoms with Crippen molar-refractivity contribution in [3.05, 3.63) is 64.1 Å². The number of benzene rings is 2. The van der Waals surface area contributed by atoms with E-state index in [4.69, 9.17) is 17.3 Å². The van der Waals surface area contributed by atoms with Gasteiger partial charge in [0.15, 0.2) is 4.32 Å². The largest absolute Gasteiger partial charge is 0.507 e. The van der Waals surface area contributed by atoms with E-state index in [0.717, 1.165) is 22.9 Å². The summed E-state index contributed by atoms with van der Waals surface area (Å²) in [7, 11) is 0. The molecule has 1 saturated heterocycles. The Morgan fingerprint density at radius 3 is 2.64 bits per heavy atom. The average Bonchev–Trinajstić information content (AvgIpc) is 2.81. The summed E-state index contributed by atoms with van der Waals surface area (Å²) in [6.45, 7) is 1.97. The highest BCUT2D eigenvalue weighted by molar-refractivity contribution is 8.27. The van der Waals surface area contributed by atoms with Gasteiger partial charge in [0.1, 0.15) is 11.3 Å². The monoisotopic (exact) mass is 371 g/mol. The van der Waals surface area contributed by atoms with E-state index in [-0.39, 0.29) is 11.5 Å². The Morgan fingerprint density at radius 1 is 1.24 bits per heavy atom. The first kappa shape index (κ1) is 17.2. The smallest absolute Gasteiger partial charge is 0.339 e. The number of carbonyl (C=O) groups is 2. The van der Waals surface area contributed by atoms with Crippen molar-refractivity contribution in [2.45, 2.75) is 6.92 Å². The molecular weight excluding hydrogens is 358 g/mol. The summed E-state index contributed by atoms with van der Waals surface area (Å²) in [5.74, 6) is -1.96. The predicted molar refractivity (Wildman–Crippen MR) is 102 cm³/mol. The van der Waals surface area contributed by atoms with Crippen molar-refractivity contribution in [2.75, 3.05) is 4.90 Å². The van der Waals surface area contributed by atoms with E-state index in [1.54, 1.807) is 6.08 Å². The van der Waals surface area contributed by atoms with Crippen molar-refractivity contribution in [1.82, 2.24) is 0 Å². The third-order valence-corrected chi connectivity index (χ3v) is 4.91. The Bertz CT molecular complexity index is 936. The molecule has 2 N–H and O–H groups in total. The van der Waals surface area contributed by atoms with Crippen molar-refractivity contribution in [3.8, 4) is 5.75 Å². The Morgan fingerprint density at radius 2 is 2.00 bits per heavy atom. The van der Waals surface area contributed by atoms with Crippen LogP contribution in [0.25, 0.3) is 6.08 Å². The van der Waals surface area contributed by atoms with Gasteiger partial charge in [0.25, 0.3) is 5.91 Å². The van der Waals surface area contributed by atoms with E-state index in [1.165, 1.54) is 23.1 Å². The van der Waals surface area contributed by atoms with Crippen molar-refractivity contribution >= 4 is 51.9 Å². The molecule has 25 heavy (non-hydrogen) atoms. The summed E-state index contributed by atoms with van der Waals surface area (Å²) in [6, 6.07) is 11.6. The zero-order valence-corrected chi connectivity index (χ0v) is 14.7. The highest BCUT2D eigenvalue weighted by atomic mass is 32.2. The van der Waals surface area contributed by atoms with E-state index >= 15 is 0 Å². The summed E-state index contributed by atoms with van der Waals surface area (Å²) in [5, 5.41) is 18.8. The Labute approximate surface area is 153 Å². The van der Waals surface area contributed by atoms with Gasteiger partial charge in [-0.05, 0) is 30.7 Å². The first-order valence-electron chi connectivity index (χ1n) is 7.28. The second-order valence-corrected chi connectivity index (χ2v) is 7.11. The topological polar surface area (TPSA) is 77.8 Å². The number of hydrogen-bond acceptors (Lipinski definition) is 5. The SMILES string of the molecule is Cc1cccc(/C=C2\SC(=S)N(c3ccc(C(=O)O)c(O)c3)C2=O)c1. The number of phenols is 1. The molecule has 3 rings (SSSR count). The molecule has 1 heterocycles. The van der Waals surface area contributed by atoms with Gasteiger partial charge in [-0.15, -0.1) is 0 Å². The van der Waals surface area contributed by atoms with Crippen LogP contribution in [0.4, 0.5) is 5.69 Å². The molecule has 1 aliphatic heterocycles. The van der Waals surface area contributed by atoms with Crippen LogP contribution in [0.3, 0.4) is 0 Å². The zero-order valence-electron chi connectivity index (χ0n) is 13.1. The van der Waals surface area contributed by atoms with Crippen LogP contribution in [0.2, 0.25) is 0 Å². The molecule has 1 aliphatic rings. The van der Waals surface area contributed by atoms with Crippen LogP contribution in [0.5, 0.6) is 5.75 Å². The molecule has 1 amide bonds. The first-order valence-corrected chi connectivity index (χ1v) is 8.50. The molecule has 126 valence electrons. The van der Waals surface area contributed by atoms with Gasteiger partial charge < -0.3 is 10.2 Å². The van der Waals surface area contributed by atoms with E-state index in [9.17, 15) is 14.7 Å². The number of hydrogen-bond donors (Lipinski definition) is 2. The molecule has 7 heteroatoms. The quantitative estimate of drug-likeness (QED) is 0.631. The van der Waals surface area contributed by atoms with Crippen molar-refractivity contribution in [1.29, 1.82) is 0 Å². The molecular formula is C18H13NO4S2. The van der Waals surface area contributed by atoms with Crippen molar-refractivity contribution < 1.29 is 19.8 Å². The van der Waals surface area contributed by atoms with Gasteiger partial charge in [0.05, 0.1) is 10.6 Å². The number of carboxylic acid groups (broad SMARTS) is 1. The Kier molecular flexibility index (Phi) is 4.61. The van der Waals surface area contributed by atoms with Crippen LogP contribution >= 0.6 is 24.0 Å². The number of thiocarbonyl (C=S) groups is 1. The maximum absolute atomic E-state index is 12.7. The molecule has 0 atom stereocenters. The lowest BCUT2D eigenvalue weighted by Crippen LogP contribution is -2.27. The van der Waals surface area contributed by atoms with Gasteiger partial charge in [-0.25, -0.2) is 4.79 Å². The van der Waals surface area contributed by atoms with E-state index in [2.05, 4.69) is 0 Å². The fourth-order valence-corrected chi connectivity index (χ4v) is 3.74. The number of nitrogens with zero attached hydrogens (tertiary/aromatic N) is 1. The van der Waals surface area contributed by atoms with Crippen LogP contribution in [0, 0.1) is 6.92 Å². The van der Waals surface area contributed by atoms with Gasteiger partial charge in [0.2, 0.25) is 0 Å². The molecule has 0 unspecified atom stereocenters. The average molecular weight is 371 g/mol. The summed E-state index contributed by atoms with van der Waals surface area (Å²) >= 11 is 6.44. The lowest BCUT2D eigenvalue weighted by molar-refractivity contribution is -0.113. The fraction of sp³-hybridized carbons (Fsp3) is 0.0556. The molecule has 0 spiro atoms. The lowest BCUT2D eigenvalue weighted by atomic mass is 10.1. The standard InChI is InChI=1S/C18H13NO4S2/c1-10-3-2-4-11(7-10)8-15-16(21)19(18(24)25-15)12-5-6-13(17(22)23)14(20)9-12/h2-9,20H,1H3,(H,22,23)/b15-8-. The molecule has 2 aromatic carbocycles. The van der Waals surface area contributed by atoms with Gasteiger partial charge in [-0.3, -0.25) is 9.69 Å². The highest BCUT2D eigenvalue weighted by Crippen LogP contribution is 2.37. The van der Waals surface area contributed by atoms with Crippen molar-refractivity contribution in [2.24, 2.45) is 0 Å². The molecule has 0 radical (unpaired) electrons. The second kappa shape index (κ2) is 6.70. The number of amides is 1. The van der Waals surface area contributed by atoms with E-state index in [0.29, 0.717) is 14.9 Å². The first-order chi connectivity index (χ1) is 11.9. The molecule has 0 aliphatic carbocycles. The maximum Gasteiger partial charge on any atom is 0.339 e. The predicted octanol–water partition coefficient (Wildman–Crippen LogP) is 3.80. The third kappa shape index (κ3) is 3.42. The number of aromatic carboxylic acids is 1. The summed E-state index contributed by atoms with van der Waals surface area (Å²) < 4.78 is 0.325.